The smallest absolute Gasteiger partial charge is 0.260 e. The molecule has 0 saturated carbocycles. The van der Waals surface area contributed by atoms with Gasteiger partial charge in [0, 0.05) is 17.1 Å². The highest BCUT2D eigenvalue weighted by molar-refractivity contribution is 6.14. The molecule has 0 atom stereocenters. The zero-order valence-corrected chi connectivity index (χ0v) is 11.4. The van der Waals surface area contributed by atoms with Gasteiger partial charge in [-0.05, 0) is 18.2 Å². The number of ether oxygens (including phenoxy) is 1. The molecule has 1 aliphatic rings. The monoisotopic (exact) mass is 278 g/mol. The van der Waals surface area contributed by atoms with E-state index in [4.69, 9.17) is 4.74 Å². The molecule has 1 N–H and O–H groups in total. The standard InChI is InChI=1S/C17H14N2O2/c20-17(13-11-18-14-6-2-1-5-12(13)14)19-9-10-21-16-8-4-3-7-15(16)19/h1-8,11,18H,9-10H2. The third-order valence-corrected chi connectivity index (χ3v) is 3.79. The average molecular weight is 278 g/mol. The maximum absolute atomic E-state index is 12.9. The van der Waals surface area contributed by atoms with Crippen molar-refractivity contribution in [2.24, 2.45) is 0 Å². The van der Waals surface area contributed by atoms with Crippen molar-refractivity contribution < 1.29 is 9.53 Å². The number of amides is 1. The molecule has 4 rings (SSSR count). The molecular weight excluding hydrogens is 264 g/mol. The lowest BCUT2D eigenvalue weighted by atomic mass is 10.1. The molecule has 0 saturated heterocycles. The fourth-order valence-electron chi connectivity index (χ4n) is 2.77. The number of fused-ring (bicyclic) bond motifs is 2. The molecule has 21 heavy (non-hydrogen) atoms. The molecule has 0 aliphatic carbocycles. The summed E-state index contributed by atoms with van der Waals surface area (Å²) < 4.78 is 5.61. The van der Waals surface area contributed by atoms with E-state index < -0.39 is 0 Å². The van der Waals surface area contributed by atoms with Gasteiger partial charge in [-0.2, -0.15) is 0 Å². The highest BCUT2D eigenvalue weighted by Gasteiger charge is 2.25. The molecule has 0 spiro atoms. The van der Waals surface area contributed by atoms with E-state index >= 15 is 0 Å². The van der Waals surface area contributed by atoms with Crippen molar-refractivity contribution in [1.29, 1.82) is 0 Å². The number of nitrogens with zero attached hydrogens (tertiary/aromatic N) is 1. The number of nitrogens with one attached hydrogen (secondary N) is 1. The number of hydrogen-bond acceptors (Lipinski definition) is 2. The Balaban J connectivity index is 1.79. The molecular formula is C17H14N2O2. The van der Waals surface area contributed by atoms with Crippen LogP contribution in [0.3, 0.4) is 0 Å². The van der Waals surface area contributed by atoms with Gasteiger partial charge >= 0.3 is 0 Å². The van der Waals surface area contributed by atoms with Crippen molar-refractivity contribution in [3.63, 3.8) is 0 Å². The van der Waals surface area contributed by atoms with E-state index in [1.807, 2.05) is 48.5 Å². The van der Waals surface area contributed by atoms with Gasteiger partial charge in [0.15, 0.2) is 0 Å². The van der Waals surface area contributed by atoms with Crippen LogP contribution in [0.2, 0.25) is 0 Å². The van der Waals surface area contributed by atoms with E-state index in [0.29, 0.717) is 18.7 Å². The molecule has 1 aliphatic heterocycles. The van der Waals surface area contributed by atoms with Gasteiger partial charge in [-0.15, -0.1) is 0 Å². The summed E-state index contributed by atoms with van der Waals surface area (Å²) in [5.41, 5.74) is 2.50. The predicted octanol–water partition coefficient (Wildman–Crippen LogP) is 3.21. The lowest BCUT2D eigenvalue weighted by Crippen LogP contribution is -2.37. The Kier molecular flexibility index (Phi) is 2.67. The molecule has 0 fully saturated rings. The van der Waals surface area contributed by atoms with Crippen LogP contribution in [0.15, 0.2) is 54.7 Å². The van der Waals surface area contributed by atoms with Crippen LogP contribution in [-0.4, -0.2) is 24.0 Å². The van der Waals surface area contributed by atoms with Crippen LogP contribution < -0.4 is 9.64 Å². The van der Waals surface area contributed by atoms with E-state index in [0.717, 1.165) is 22.3 Å². The molecule has 1 amide bonds. The number of aromatic amines is 1. The number of H-pyrrole nitrogens is 1. The van der Waals surface area contributed by atoms with Crippen molar-refractivity contribution in [1.82, 2.24) is 4.98 Å². The third kappa shape index (κ3) is 1.88. The normalized spacial score (nSPS) is 13.8. The number of carbonyl (C=O) groups is 1. The van der Waals surface area contributed by atoms with Gasteiger partial charge in [0.1, 0.15) is 12.4 Å². The number of hydrogen-bond donors (Lipinski definition) is 1. The second-order valence-electron chi connectivity index (χ2n) is 5.02. The zero-order chi connectivity index (χ0) is 14.2. The highest BCUT2D eigenvalue weighted by atomic mass is 16.5. The lowest BCUT2D eigenvalue weighted by Gasteiger charge is -2.29. The first kappa shape index (κ1) is 12.0. The van der Waals surface area contributed by atoms with Gasteiger partial charge in [-0.25, -0.2) is 0 Å². The van der Waals surface area contributed by atoms with Gasteiger partial charge in [0.25, 0.3) is 5.91 Å². The summed E-state index contributed by atoms with van der Waals surface area (Å²) in [5, 5.41) is 0.950. The van der Waals surface area contributed by atoms with Crippen molar-refractivity contribution in [2.45, 2.75) is 0 Å². The maximum Gasteiger partial charge on any atom is 0.260 e. The SMILES string of the molecule is O=C(c1c[nH]c2ccccc12)N1CCOc2ccccc21. The quantitative estimate of drug-likeness (QED) is 0.743. The van der Waals surface area contributed by atoms with Crippen LogP contribution in [0.25, 0.3) is 10.9 Å². The van der Waals surface area contributed by atoms with Crippen LogP contribution >= 0.6 is 0 Å². The first-order valence-electron chi connectivity index (χ1n) is 6.94. The second kappa shape index (κ2) is 4.66. The van der Waals surface area contributed by atoms with Gasteiger partial charge in [0.05, 0.1) is 17.8 Å². The fraction of sp³-hybridized carbons (Fsp3) is 0.118. The van der Waals surface area contributed by atoms with E-state index in [1.165, 1.54) is 0 Å². The van der Waals surface area contributed by atoms with E-state index in [2.05, 4.69) is 4.98 Å². The maximum atomic E-state index is 12.9. The van der Waals surface area contributed by atoms with Crippen molar-refractivity contribution in [3.8, 4) is 5.75 Å². The molecule has 3 aromatic rings. The molecule has 4 heteroatoms. The van der Waals surface area contributed by atoms with E-state index in [1.54, 1.807) is 11.1 Å². The first-order valence-corrected chi connectivity index (χ1v) is 6.94. The van der Waals surface area contributed by atoms with Gasteiger partial charge < -0.3 is 14.6 Å². The first-order chi connectivity index (χ1) is 10.3. The summed E-state index contributed by atoms with van der Waals surface area (Å²) >= 11 is 0. The van der Waals surface area contributed by atoms with Crippen LogP contribution in [-0.2, 0) is 0 Å². The molecule has 0 bridgehead atoms. The molecule has 2 heterocycles. The lowest BCUT2D eigenvalue weighted by molar-refractivity contribution is 0.0978. The summed E-state index contributed by atoms with van der Waals surface area (Å²) in [7, 11) is 0. The number of rotatable bonds is 1. The summed E-state index contributed by atoms with van der Waals surface area (Å²) in [4.78, 5) is 17.8. The van der Waals surface area contributed by atoms with Gasteiger partial charge in [0.2, 0.25) is 0 Å². The average Bonchev–Trinajstić information content (AvgIpc) is 2.98. The number of para-hydroxylation sites is 3. The van der Waals surface area contributed by atoms with Crippen LogP contribution in [0.5, 0.6) is 5.75 Å². The topological polar surface area (TPSA) is 45.3 Å². The Labute approximate surface area is 122 Å². The van der Waals surface area contributed by atoms with E-state index in [-0.39, 0.29) is 5.91 Å². The Hall–Kier alpha value is -2.75. The highest BCUT2D eigenvalue weighted by Crippen LogP contribution is 2.32. The molecule has 4 nitrogen and oxygen atoms in total. The summed E-state index contributed by atoms with van der Waals surface area (Å²) in [5.74, 6) is 0.764. The minimum absolute atomic E-state index is 0.00296. The van der Waals surface area contributed by atoms with Crippen LogP contribution in [0.1, 0.15) is 10.4 Å². The Bertz CT molecular complexity index is 822. The minimum Gasteiger partial charge on any atom is -0.490 e. The summed E-state index contributed by atoms with van der Waals surface area (Å²) in [6.07, 6.45) is 1.78. The summed E-state index contributed by atoms with van der Waals surface area (Å²) in [6, 6.07) is 15.5. The second-order valence-corrected chi connectivity index (χ2v) is 5.02. The van der Waals surface area contributed by atoms with Crippen molar-refractivity contribution >= 4 is 22.5 Å². The molecule has 0 unspecified atom stereocenters. The fourth-order valence-corrected chi connectivity index (χ4v) is 2.77. The number of carbonyl (C=O) groups excluding carboxylic acids is 1. The predicted molar refractivity (Wildman–Crippen MR) is 81.9 cm³/mol. The minimum atomic E-state index is 0.00296. The Morgan fingerprint density at radius 2 is 1.90 bits per heavy atom. The van der Waals surface area contributed by atoms with Crippen LogP contribution in [0, 0.1) is 0 Å². The van der Waals surface area contributed by atoms with E-state index in [9.17, 15) is 4.79 Å². The molecule has 2 aromatic carbocycles. The Morgan fingerprint density at radius 1 is 1.10 bits per heavy atom. The van der Waals surface area contributed by atoms with Crippen molar-refractivity contribution in [3.05, 3.63) is 60.3 Å². The van der Waals surface area contributed by atoms with Gasteiger partial charge in [-0.3, -0.25) is 4.79 Å². The van der Waals surface area contributed by atoms with Gasteiger partial charge in [-0.1, -0.05) is 30.3 Å². The number of aromatic nitrogens is 1. The molecule has 104 valence electrons. The third-order valence-electron chi connectivity index (χ3n) is 3.79. The molecule has 0 radical (unpaired) electrons. The molecule has 1 aromatic heterocycles. The van der Waals surface area contributed by atoms with Crippen molar-refractivity contribution in [2.75, 3.05) is 18.1 Å². The van der Waals surface area contributed by atoms with Crippen LogP contribution in [0.4, 0.5) is 5.69 Å². The summed E-state index contributed by atoms with van der Waals surface area (Å²) in [6.45, 7) is 1.08. The largest absolute Gasteiger partial charge is 0.490 e. The zero-order valence-electron chi connectivity index (χ0n) is 11.4. The number of benzene rings is 2. The Morgan fingerprint density at radius 3 is 2.86 bits per heavy atom. The number of anilines is 1.